The summed E-state index contributed by atoms with van der Waals surface area (Å²) in [5, 5.41) is -0.121. The van der Waals surface area contributed by atoms with Crippen LogP contribution in [0.2, 0.25) is 5.02 Å². The highest BCUT2D eigenvalue weighted by Gasteiger charge is 2.27. The number of benzene rings is 1. The maximum absolute atomic E-state index is 13.5. The van der Waals surface area contributed by atoms with Crippen molar-refractivity contribution in [2.75, 3.05) is 0 Å². The number of hydrogen-bond donors (Lipinski definition) is 0. The minimum atomic E-state index is -1.00. The van der Waals surface area contributed by atoms with Crippen molar-refractivity contribution in [2.45, 2.75) is 19.3 Å². The standard InChI is InChI=1S/C11H9ClF2/c1-4-11(2,3)9-8(13)6-5-7(12)10(9)14/h1,5-6H,2-3H3. The monoisotopic (exact) mass is 214 g/mol. The maximum atomic E-state index is 13.5. The van der Waals surface area contributed by atoms with E-state index >= 15 is 0 Å². The zero-order valence-electron chi connectivity index (χ0n) is 7.87. The van der Waals surface area contributed by atoms with Crippen LogP contribution in [0.4, 0.5) is 8.78 Å². The molecule has 1 rings (SSSR count). The molecule has 74 valence electrons. The molecular weight excluding hydrogens is 206 g/mol. The summed E-state index contributed by atoms with van der Waals surface area (Å²) in [6.07, 6.45) is 5.20. The van der Waals surface area contributed by atoms with Crippen molar-refractivity contribution in [3.63, 3.8) is 0 Å². The van der Waals surface area contributed by atoms with Gasteiger partial charge in [-0.15, -0.1) is 6.42 Å². The first-order valence-corrected chi connectivity index (χ1v) is 4.39. The second kappa shape index (κ2) is 3.59. The summed E-state index contributed by atoms with van der Waals surface area (Å²) in [4.78, 5) is 0. The largest absolute Gasteiger partial charge is 0.207 e. The van der Waals surface area contributed by atoms with E-state index in [1.807, 2.05) is 0 Å². The third-order valence-corrected chi connectivity index (χ3v) is 2.32. The fraction of sp³-hybridized carbons (Fsp3) is 0.273. The van der Waals surface area contributed by atoms with E-state index < -0.39 is 17.0 Å². The lowest BCUT2D eigenvalue weighted by Crippen LogP contribution is -2.18. The van der Waals surface area contributed by atoms with Crippen LogP contribution in [0.5, 0.6) is 0 Å². The summed E-state index contributed by atoms with van der Waals surface area (Å²) < 4.78 is 26.8. The number of hydrogen-bond acceptors (Lipinski definition) is 0. The Morgan fingerprint density at radius 1 is 1.36 bits per heavy atom. The molecule has 3 heteroatoms. The lowest BCUT2D eigenvalue weighted by Gasteiger charge is -2.19. The Hall–Kier alpha value is -1.07. The molecule has 0 bridgehead atoms. The van der Waals surface area contributed by atoms with E-state index in [0.29, 0.717) is 0 Å². The topological polar surface area (TPSA) is 0 Å². The molecule has 0 saturated carbocycles. The van der Waals surface area contributed by atoms with Crippen LogP contribution in [0.3, 0.4) is 0 Å². The van der Waals surface area contributed by atoms with Gasteiger partial charge in [-0.05, 0) is 26.0 Å². The van der Waals surface area contributed by atoms with Crippen LogP contribution in [0.25, 0.3) is 0 Å². The molecule has 0 spiro atoms. The fourth-order valence-corrected chi connectivity index (χ4v) is 1.33. The van der Waals surface area contributed by atoms with Gasteiger partial charge < -0.3 is 0 Å². The minimum Gasteiger partial charge on any atom is -0.207 e. The normalized spacial score (nSPS) is 11.1. The van der Waals surface area contributed by atoms with Gasteiger partial charge in [0.1, 0.15) is 11.6 Å². The average Bonchev–Trinajstić information content (AvgIpc) is 2.12. The van der Waals surface area contributed by atoms with Gasteiger partial charge in [-0.1, -0.05) is 17.5 Å². The number of halogens is 3. The third-order valence-electron chi connectivity index (χ3n) is 2.03. The van der Waals surface area contributed by atoms with Gasteiger partial charge in [0.25, 0.3) is 0 Å². The minimum absolute atomic E-state index is 0.121. The Bertz CT molecular complexity index is 402. The van der Waals surface area contributed by atoms with Gasteiger partial charge in [0.15, 0.2) is 0 Å². The van der Waals surface area contributed by atoms with Gasteiger partial charge in [-0.2, -0.15) is 0 Å². The summed E-state index contributed by atoms with van der Waals surface area (Å²) in [7, 11) is 0. The van der Waals surface area contributed by atoms with E-state index in [2.05, 4.69) is 5.92 Å². The summed E-state index contributed by atoms with van der Waals surface area (Å²) in [6.45, 7) is 3.12. The maximum Gasteiger partial charge on any atom is 0.149 e. The molecule has 0 amide bonds. The SMILES string of the molecule is C#CC(C)(C)c1c(F)ccc(Cl)c1F. The molecular formula is C11H9ClF2. The van der Waals surface area contributed by atoms with Crippen molar-refractivity contribution in [2.24, 2.45) is 0 Å². The van der Waals surface area contributed by atoms with Gasteiger partial charge >= 0.3 is 0 Å². The summed E-state index contributed by atoms with van der Waals surface area (Å²) in [5.41, 5.74) is -1.16. The molecule has 1 aromatic rings. The highest BCUT2D eigenvalue weighted by atomic mass is 35.5. The highest BCUT2D eigenvalue weighted by Crippen LogP contribution is 2.31. The quantitative estimate of drug-likeness (QED) is 0.496. The first-order chi connectivity index (χ1) is 6.40. The predicted octanol–water partition coefficient (Wildman–Crippen LogP) is 3.53. The van der Waals surface area contributed by atoms with Gasteiger partial charge in [0.2, 0.25) is 0 Å². The second-order valence-electron chi connectivity index (χ2n) is 3.49. The third kappa shape index (κ3) is 1.73. The Labute approximate surface area is 86.9 Å². The summed E-state index contributed by atoms with van der Waals surface area (Å²) in [5.74, 6) is 0.874. The van der Waals surface area contributed by atoms with Crippen LogP contribution in [0.15, 0.2) is 12.1 Å². The van der Waals surface area contributed by atoms with Gasteiger partial charge in [0.05, 0.1) is 10.4 Å². The molecule has 0 unspecified atom stereocenters. The van der Waals surface area contributed by atoms with Gasteiger partial charge in [0, 0.05) is 5.56 Å². The molecule has 0 N–H and O–H groups in total. The van der Waals surface area contributed by atoms with Crippen molar-refractivity contribution in [3.05, 3.63) is 34.4 Å². The van der Waals surface area contributed by atoms with Crippen molar-refractivity contribution in [1.29, 1.82) is 0 Å². The van der Waals surface area contributed by atoms with Crippen LogP contribution in [-0.4, -0.2) is 0 Å². The van der Waals surface area contributed by atoms with Crippen molar-refractivity contribution < 1.29 is 8.78 Å². The average molecular weight is 215 g/mol. The Morgan fingerprint density at radius 3 is 2.43 bits per heavy atom. The van der Waals surface area contributed by atoms with Crippen LogP contribution in [0, 0.1) is 24.0 Å². The van der Waals surface area contributed by atoms with E-state index in [-0.39, 0.29) is 10.6 Å². The van der Waals surface area contributed by atoms with E-state index in [0.717, 1.165) is 6.07 Å². The molecule has 0 aromatic heterocycles. The molecule has 0 aliphatic rings. The van der Waals surface area contributed by atoms with E-state index in [1.165, 1.54) is 6.07 Å². The molecule has 0 heterocycles. The first kappa shape index (κ1) is 11.0. The van der Waals surface area contributed by atoms with E-state index in [4.69, 9.17) is 18.0 Å². The highest BCUT2D eigenvalue weighted by molar-refractivity contribution is 6.30. The number of rotatable bonds is 1. The lowest BCUT2D eigenvalue weighted by atomic mass is 9.85. The number of terminal acetylenes is 1. The van der Waals surface area contributed by atoms with Crippen LogP contribution >= 0.6 is 11.6 Å². The molecule has 0 nitrogen and oxygen atoms in total. The predicted molar refractivity (Wildman–Crippen MR) is 53.2 cm³/mol. The molecule has 0 fully saturated rings. The van der Waals surface area contributed by atoms with Crippen molar-refractivity contribution in [1.82, 2.24) is 0 Å². The molecule has 14 heavy (non-hydrogen) atoms. The summed E-state index contributed by atoms with van der Waals surface area (Å²) >= 11 is 5.54. The van der Waals surface area contributed by atoms with Crippen molar-refractivity contribution in [3.8, 4) is 12.3 Å². The Kier molecular flexibility index (Phi) is 2.82. The fourth-order valence-electron chi connectivity index (χ4n) is 1.17. The van der Waals surface area contributed by atoms with Crippen LogP contribution < -0.4 is 0 Å². The lowest BCUT2D eigenvalue weighted by molar-refractivity contribution is 0.512. The molecule has 1 aromatic carbocycles. The molecule has 0 radical (unpaired) electrons. The van der Waals surface area contributed by atoms with Gasteiger partial charge in [-0.3, -0.25) is 0 Å². The van der Waals surface area contributed by atoms with E-state index in [9.17, 15) is 8.78 Å². The van der Waals surface area contributed by atoms with Crippen LogP contribution in [-0.2, 0) is 5.41 Å². The molecule has 0 aliphatic heterocycles. The van der Waals surface area contributed by atoms with Gasteiger partial charge in [-0.25, -0.2) is 8.78 Å². The second-order valence-corrected chi connectivity index (χ2v) is 3.89. The van der Waals surface area contributed by atoms with E-state index in [1.54, 1.807) is 13.8 Å². The Balaban J connectivity index is 3.49. The Morgan fingerprint density at radius 2 is 1.93 bits per heavy atom. The first-order valence-electron chi connectivity index (χ1n) is 4.02. The zero-order chi connectivity index (χ0) is 10.9. The molecule has 0 saturated heterocycles. The zero-order valence-corrected chi connectivity index (χ0v) is 8.62. The van der Waals surface area contributed by atoms with Crippen molar-refractivity contribution >= 4 is 11.6 Å². The molecule has 0 atom stereocenters. The smallest absolute Gasteiger partial charge is 0.149 e. The van der Waals surface area contributed by atoms with Crippen LogP contribution in [0.1, 0.15) is 19.4 Å². The molecule has 0 aliphatic carbocycles. The summed E-state index contributed by atoms with van der Waals surface area (Å²) in [6, 6.07) is 2.28.